The summed E-state index contributed by atoms with van der Waals surface area (Å²) in [6.45, 7) is 5.12. The number of carbonyl (C=O) groups excluding carboxylic acids is 1. The highest BCUT2D eigenvalue weighted by Crippen LogP contribution is 2.34. The van der Waals surface area contributed by atoms with Crippen LogP contribution in [-0.4, -0.2) is 45.2 Å². The first-order chi connectivity index (χ1) is 14.7. The molecule has 3 rings (SSSR count). The van der Waals surface area contributed by atoms with Crippen molar-refractivity contribution in [3.8, 4) is 0 Å². The Kier molecular flexibility index (Phi) is 10.8. The molecule has 1 saturated heterocycles. The van der Waals surface area contributed by atoms with Gasteiger partial charge in [-0.05, 0) is 43.0 Å². The first-order valence-electron chi connectivity index (χ1n) is 10.7. The van der Waals surface area contributed by atoms with E-state index in [2.05, 4.69) is 47.1 Å². The Labute approximate surface area is 202 Å². The van der Waals surface area contributed by atoms with Crippen LogP contribution in [-0.2, 0) is 11.2 Å². The number of hydrogen-bond acceptors (Lipinski definition) is 3. The van der Waals surface area contributed by atoms with E-state index in [4.69, 9.17) is 9.73 Å². The largest absolute Gasteiger partial charge is 0.373 e. The summed E-state index contributed by atoms with van der Waals surface area (Å²) in [5.74, 6) is 1.14. The fraction of sp³-hybridized carbons (Fsp3) is 0.417. The molecule has 2 unspecified atom stereocenters. The van der Waals surface area contributed by atoms with Crippen LogP contribution in [0.1, 0.15) is 40.9 Å². The third-order valence-electron chi connectivity index (χ3n) is 5.29. The van der Waals surface area contributed by atoms with Gasteiger partial charge in [0.2, 0.25) is 0 Å². The molecule has 1 heterocycles. The third kappa shape index (κ3) is 7.50. The van der Waals surface area contributed by atoms with Crippen molar-refractivity contribution in [3.05, 3.63) is 71.3 Å². The van der Waals surface area contributed by atoms with Crippen molar-refractivity contribution in [3.63, 3.8) is 0 Å². The number of amides is 1. The van der Waals surface area contributed by atoms with Gasteiger partial charge in [0.25, 0.3) is 5.91 Å². The summed E-state index contributed by atoms with van der Waals surface area (Å²) in [6.07, 6.45) is 1.95. The van der Waals surface area contributed by atoms with Crippen LogP contribution in [0.25, 0.3) is 0 Å². The van der Waals surface area contributed by atoms with Gasteiger partial charge < -0.3 is 20.7 Å². The molecule has 1 fully saturated rings. The van der Waals surface area contributed by atoms with Crippen LogP contribution in [0.2, 0.25) is 0 Å². The molecule has 2 aromatic rings. The van der Waals surface area contributed by atoms with E-state index in [1.807, 2.05) is 30.3 Å². The monoisotopic (exact) mass is 536 g/mol. The number of nitrogens with one attached hydrogen (secondary N) is 3. The maximum Gasteiger partial charge on any atom is 0.251 e. The Hall–Kier alpha value is -2.13. The predicted octanol–water partition coefficient (Wildman–Crippen LogP) is 3.54. The van der Waals surface area contributed by atoms with Crippen molar-refractivity contribution in [1.82, 2.24) is 16.0 Å². The highest BCUT2D eigenvalue weighted by atomic mass is 127. The molecule has 0 saturated carbocycles. The topological polar surface area (TPSA) is 74.8 Å². The van der Waals surface area contributed by atoms with Gasteiger partial charge in [0, 0.05) is 44.8 Å². The van der Waals surface area contributed by atoms with Crippen LogP contribution in [0, 0.1) is 5.92 Å². The van der Waals surface area contributed by atoms with E-state index in [1.165, 1.54) is 5.56 Å². The highest BCUT2D eigenvalue weighted by Gasteiger charge is 2.29. The number of aliphatic imine (C=N–C) groups is 1. The van der Waals surface area contributed by atoms with E-state index >= 15 is 0 Å². The molecule has 168 valence electrons. The van der Waals surface area contributed by atoms with Gasteiger partial charge in [0.05, 0.1) is 6.10 Å². The molecular formula is C24H33IN4O2. The molecule has 2 atom stereocenters. The number of halogens is 1. The lowest BCUT2D eigenvalue weighted by Gasteiger charge is -2.18. The normalized spacial score (nSPS) is 18.2. The number of carbonyl (C=O) groups is 1. The zero-order valence-electron chi connectivity index (χ0n) is 18.3. The maximum atomic E-state index is 11.8. The molecule has 0 radical (unpaired) electrons. The molecule has 3 N–H and O–H groups in total. The Morgan fingerprint density at radius 3 is 2.68 bits per heavy atom. The molecule has 31 heavy (non-hydrogen) atoms. The number of rotatable bonds is 8. The molecular weight excluding hydrogens is 503 g/mol. The van der Waals surface area contributed by atoms with Crippen LogP contribution in [0.4, 0.5) is 0 Å². The van der Waals surface area contributed by atoms with Crippen LogP contribution < -0.4 is 16.0 Å². The van der Waals surface area contributed by atoms with Gasteiger partial charge in [-0.25, -0.2) is 0 Å². The summed E-state index contributed by atoms with van der Waals surface area (Å²) in [4.78, 5) is 16.6. The predicted molar refractivity (Wildman–Crippen MR) is 136 cm³/mol. The Morgan fingerprint density at radius 1 is 1.13 bits per heavy atom. The van der Waals surface area contributed by atoms with E-state index in [0.717, 1.165) is 50.6 Å². The van der Waals surface area contributed by atoms with Crippen molar-refractivity contribution in [2.24, 2.45) is 10.9 Å². The molecule has 1 amide bonds. The smallest absolute Gasteiger partial charge is 0.251 e. The second kappa shape index (κ2) is 13.3. The lowest BCUT2D eigenvalue weighted by atomic mass is 9.95. The Morgan fingerprint density at radius 2 is 1.94 bits per heavy atom. The van der Waals surface area contributed by atoms with Crippen LogP contribution in [0.5, 0.6) is 0 Å². The van der Waals surface area contributed by atoms with E-state index in [-0.39, 0.29) is 36.0 Å². The third-order valence-corrected chi connectivity index (χ3v) is 5.29. The highest BCUT2D eigenvalue weighted by molar-refractivity contribution is 14.0. The van der Waals surface area contributed by atoms with Crippen molar-refractivity contribution >= 4 is 35.8 Å². The molecule has 6 nitrogen and oxygen atoms in total. The molecule has 1 aliphatic heterocycles. The second-order valence-corrected chi connectivity index (χ2v) is 7.43. The maximum absolute atomic E-state index is 11.8. The van der Waals surface area contributed by atoms with Gasteiger partial charge in [-0.15, -0.1) is 24.0 Å². The molecule has 2 aromatic carbocycles. The number of nitrogens with zero attached hydrogens (tertiary/aromatic N) is 1. The van der Waals surface area contributed by atoms with Crippen LogP contribution >= 0.6 is 24.0 Å². The first-order valence-corrected chi connectivity index (χ1v) is 10.7. The quantitative estimate of drug-likeness (QED) is 0.274. The average Bonchev–Trinajstić information content (AvgIpc) is 3.26. The van der Waals surface area contributed by atoms with E-state index in [0.29, 0.717) is 11.5 Å². The van der Waals surface area contributed by atoms with E-state index < -0.39 is 0 Å². The molecule has 0 bridgehead atoms. The van der Waals surface area contributed by atoms with Gasteiger partial charge in [0.15, 0.2) is 5.96 Å². The Balaban J connectivity index is 0.00000341. The fourth-order valence-electron chi connectivity index (χ4n) is 3.72. The standard InChI is InChI=1S/C24H32N4O2.HI/c1-3-26-24(27-14-12-18-8-7-11-20(16-18)23(29)25-2)28-17-21-13-15-30-22(21)19-9-5-4-6-10-19;/h4-11,16,21-22H,3,12-15,17H2,1-2H3,(H,25,29)(H2,26,27,28);1H. The first kappa shape index (κ1) is 25.1. The SMILES string of the molecule is CCNC(=NCC1CCOC1c1ccccc1)NCCc1cccc(C(=O)NC)c1.I. The Bertz CT molecular complexity index is 844. The van der Waals surface area contributed by atoms with E-state index in [1.54, 1.807) is 7.05 Å². The van der Waals surface area contributed by atoms with Crippen molar-refractivity contribution in [2.75, 3.05) is 33.3 Å². The van der Waals surface area contributed by atoms with E-state index in [9.17, 15) is 4.79 Å². The second-order valence-electron chi connectivity index (χ2n) is 7.43. The molecule has 7 heteroatoms. The fourth-order valence-corrected chi connectivity index (χ4v) is 3.72. The zero-order chi connectivity index (χ0) is 21.2. The summed E-state index contributed by atoms with van der Waals surface area (Å²) in [7, 11) is 1.65. The summed E-state index contributed by atoms with van der Waals surface area (Å²) in [5.41, 5.74) is 3.03. The number of ether oxygens (including phenoxy) is 1. The summed E-state index contributed by atoms with van der Waals surface area (Å²) >= 11 is 0. The van der Waals surface area contributed by atoms with Crippen molar-refractivity contribution in [1.29, 1.82) is 0 Å². The van der Waals surface area contributed by atoms with Gasteiger partial charge in [0.1, 0.15) is 0 Å². The minimum atomic E-state index is -0.0635. The minimum Gasteiger partial charge on any atom is -0.373 e. The zero-order valence-corrected chi connectivity index (χ0v) is 20.6. The molecule has 1 aliphatic rings. The minimum absolute atomic E-state index is 0. The summed E-state index contributed by atoms with van der Waals surface area (Å²) < 4.78 is 5.98. The number of guanidine groups is 1. The van der Waals surface area contributed by atoms with Crippen molar-refractivity contribution < 1.29 is 9.53 Å². The molecule has 0 spiro atoms. The van der Waals surface area contributed by atoms with Gasteiger partial charge in [-0.3, -0.25) is 9.79 Å². The van der Waals surface area contributed by atoms with Gasteiger partial charge in [-0.2, -0.15) is 0 Å². The number of benzene rings is 2. The van der Waals surface area contributed by atoms with Crippen LogP contribution in [0.15, 0.2) is 59.6 Å². The molecule has 0 aliphatic carbocycles. The summed E-state index contributed by atoms with van der Waals surface area (Å²) in [6, 6.07) is 18.1. The van der Waals surface area contributed by atoms with Gasteiger partial charge >= 0.3 is 0 Å². The summed E-state index contributed by atoms with van der Waals surface area (Å²) in [5, 5.41) is 9.39. The average molecular weight is 536 g/mol. The molecule has 0 aromatic heterocycles. The van der Waals surface area contributed by atoms with Gasteiger partial charge in [-0.1, -0.05) is 42.5 Å². The number of hydrogen-bond donors (Lipinski definition) is 3. The van der Waals surface area contributed by atoms with Crippen LogP contribution in [0.3, 0.4) is 0 Å². The van der Waals surface area contributed by atoms with Crippen molar-refractivity contribution in [2.45, 2.75) is 25.9 Å². The lowest BCUT2D eigenvalue weighted by Crippen LogP contribution is -2.38. The lowest BCUT2D eigenvalue weighted by molar-refractivity contribution is 0.0925.